The van der Waals surface area contributed by atoms with Crippen LogP contribution in [-0.4, -0.2) is 43.3 Å². The first kappa shape index (κ1) is 25.1. The number of hydrogen-bond acceptors (Lipinski definition) is 4. The van der Waals surface area contributed by atoms with Crippen LogP contribution in [0.4, 0.5) is 9.18 Å². The highest BCUT2D eigenvalue weighted by molar-refractivity contribution is 5.70. The number of carbonyl (C=O) groups excluding carboxylic acids is 1. The molecule has 3 fully saturated rings. The standard InChI is InChI=1S/C30H39FN2O3/c1-19(2)18-35-23-7-5-6-21(14-23)24-15-22-8-11-30(3,4)28(25(22)16-26(24)31)32-29(34)36-27-17-33-12-9-20(27)10-13-33/h5-7,14-16,19-20,27-28H,8-13,17-18H2,1-4H3,(H,32,34)/t27-,28-/m0/s1. The van der Waals surface area contributed by atoms with Crippen LogP contribution in [0, 0.1) is 23.1 Å². The van der Waals surface area contributed by atoms with Gasteiger partial charge in [-0.1, -0.05) is 39.8 Å². The van der Waals surface area contributed by atoms with Gasteiger partial charge in [-0.25, -0.2) is 9.18 Å². The minimum absolute atomic E-state index is 0.0528. The van der Waals surface area contributed by atoms with E-state index >= 15 is 4.39 Å². The van der Waals surface area contributed by atoms with Gasteiger partial charge in [0.05, 0.1) is 12.6 Å². The molecule has 5 nitrogen and oxygen atoms in total. The molecule has 0 radical (unpaired) electrons. The summed E-state index contributed by atoms with van der Waals surface area (Å²) in [5.74, 6) is 1.33. The number of ether oxygens (including phenoxy) is 2. The number of amides is 1. The smallest absolute Gasteiger partial charge is 0.407 e. The molecular weight excluding hydrogens is 455 g/mol. The summed E-state index contributed by atoms with van der Waals surface area (Å²) in [6, 6.07) is 10.9. The average Bonchev–Trinajstić information content (AvgIpc) is 2.85. The van der Waals surface area contributed by atoms with E-state index in [1.165, 1.54) is 0 Å². The van der Waals surface area contributed by atoms with Crippen molar-refractivity contribution >= 4 is 6.09 Å². The van der Waals surface area contributed by atoms with E-state index in [0.29, 0.717) is 24.0 Å². The number of alkyl carbamates (subject to hydrolysis) is 1. The van der Waals surface area contributed by atoms with Crippen molar-refractivity contribution in [2.45, 2.75) is 65.5 Å². The Morgan fingerprint density at radius 2 is 1.97 bits per heavy atom. The quantitative estimate of drug-likeness (QED) is 0.508. The van der Waals surface area contributed by atoms with Crippen LogP contribution in [0.5, 0.6) is 5.75 Å². The number of aryl methyl sites for hydroxylation is 1. The molecule has 1 aliphatic carbocycles. The molecule has 2 bridgehead atoms. The number of hydrogen-bond donors (Lipinski definition) is 1. The Morgan fingerprint density at radius 3 is 2.67 bits per heavy atom. The molecule has 4 aliphatic rings. The van der Waals surface area contributed by atoms with Crippen LogP contribution in [0.1, 0.15) is 64.1 Å². The Balaban J connectivity index is 1.36. The van der Waals surface area contributed by atoms with Crippen LogP contribution in [0.2, 0.25) is 0 Å². The SMILES string of the molecule is CC(C)COc1cccc(-c2cc3c(cc2F)[C@H](NC(=O)O[C@H]2CN4CCC2CC4)C(C)(C)CC3)c1. The van der Waals surface area contributed by atoms with E-state index in [4.69, 9.17) is 9.47 Å². The van der Waals surface area contributed by atoms with Crippen molar-refractivity contribution in [2.75, 3.05) is 26.2 Å². The number of piperidine rings is 3. The van der Waals surface area contributed by atoms with Crippen LogP contribution < -0.4 is 10.1 Å². The molecule has 0 saturated carbocycles. The molecule has 36 heavy (non-hydrogen) atoms. The lowest BCUT2D eigenvalue weighted by atomic mass is 9.70. The number of rotatable bonds is 6. The third-order valence-electron chi connectivity index (χ3n) is 8.21. The van der Waals surface area contributed by atoms with E-state index in [1.54, 1.807) is 6.07 Å². The van der Waals surface area contributed by atoms with Gasteiger partial charge in [0.1, 0.15) is 17.7 Å². The maximum atomic E-state index is 15.6. The summed E-state index contributed by atoms with van der Waals surface area (Å²) in [6.07, 6.45) is 3.47. The van der Waals surface area contributed by atoms with E-state index in [1.807, 2.05) is 30.3 Å². The first-order valence-electron chi connectivity index (χ1n) is 13.4. The summed E-state index contributed by atoms with van der Waals surface area (Å²) in [4.78, 5) is 15.4. The summed E-state index contributed by atoms with van der Waals surface area (Å²) >= 11 is 0. The predicted octanol–water partition coefficient (Wildman–Crippen LogP) is 6.36. The second-order valence-electron chi connectivity index (χ2n) is 11.9. The van der Waals surface area contributed by atoms with E-state index in [9.17, 15) is 4.79 Å². The first-order valence-corrected chi connectivity index (χ1v) is 13.4. The van der Waals surface area contributed by atoms with Crippen molar-refractivity contribution in [3.8, 4) is 16.9 Å². The molecule has 2 atom stereocenters. The van der Waals surface area contributed by atoms with Gasteiger partial charge < -0.3 is 14.8 Å². The largest absolute Gasteiger partial charge is 0.493 e. The van der Waals surface area contributed by atoms with Gasteiger partial charge in [-0.3, -0.25) is 4.90 Å². The maximum Gasteiger partial charge on any atom is 0.407 e. The lowest BCUT2D eigenvalue weighted by Crippen LogP contribution is -2.53. The van der Waals surface area contributed by atoms with Gasteiger partial charge >= 0.3 is 6.09 Å². The molecule has 6 rings (SSSR count). The molecule has 3 aliphatic heterocycles. The van der Waals surface area contributed by atoms with Gasteiger partial charge in [0.25, 0.3) is 0 Å². The number of halogens is 1. The minimum Gasteiger partial charge on any atom is -0.493 e. The van der Waals surface area contributed by atoms with Gasteiger partial charge in [0.15, 0.2) is 0 Å². The zero-order chi connectivity index (χ0) is 25.4. The molecule has 194 valence electrons. The first-order chi connectivity index (χ1) is 17.2. The Hall–Kier alpha value is -2.60. The van der Waals surface area contributed by atoms with Crippen LogP contribution in [0.15, 0.2) is 36.4 Å². The van der Waals surface area contributed by atoms with Crippen molar-refractivity contribution in [1.29, 1.82) is 0 Å². The van der Waals surface area contributed by atoms with Gasteiger partial charge in [-0.15, -0.1) is 0 Å². The number of benzene rings is 2. The molecule has 0 unspecified atom stereocenters. The number of nitrogens with zero attached hydrogens (tertiary/aromatic N) is 1. The van der Waals surface area contributed by atoms with E-state index in [0.717, 1.165) is 67.8 Å². The molecular formula is C30H39FN2O3. The Bertz CT molecular complexity index is 1110. The number of nitrogens with one attached hydrogen (secondary N) is 1. The molecule has 2 aromatic carbocycles. The molecule has 3 saturated heterocycles. The Labute approximate surface area is 214 Å². The number of fused-ring (bicyclic) bond motifs is 4. The predicted molar refractivity (Wildman–Crippen MR) is 140 cm³/mol. The highest BCUT2D eigenvalue weighted by Crippen LogP contribution is 2.45. The van der Waals surface area contributed by atoms with Crippen LogP contribution in [-0.2, 0) is 11.2 Å². The van der Waals surface area contributed by atoms with Crippen LogP contribution in [0.3, 0.4) is 0 Å². The van der Waals surface area contributed by atoms with Crippen LogP contribution >= 0.6 is 0 Å². The van der Waals surface area contributed by atoms with Crippen molar-refractivity contribution in [3.63, 3.8) is 0 Å². The van der Waals surface area contributed by atoms with E-state index in [-0.39, 0.29) is 29.5 Å². The second-order valence-corrected chi connectivity index (χ2v) is 11.9. The fraction of sp³-hybridized carbons (Fsp3) is 0.567. The maximum absolute atomic E-state index is 15.6. The van der Waals surface area contributed by atoms with Crippen molar-refractivity contribution in [3.05, 3.63) is 53.3 Å². The lowest BCUT2D eigenvalue weighted by Gasteiger charge is -2.44. The lowest BCUT2D eigenvalue weighted by molar-refractivity contribution is -0.0353. The molecule has 0 aromatic heterocycles. The minimum atomic E-state index is -0.390. The Morgan fingerprint density at radius 1 is 1.19 bits per heavy atom. The molecule has 1 amide bonds. The van der Waals surface area contributed by atoms with Crippen molar-refractivity contribution in [2.24, 2.45) is 17.3 Å². The van der Waals surface area contributed by atoms with E-state index < -0.39 is 0 Å². The normalized spacial score (nSPS) is 26.4. The van der Waals surface area contributed by atoms with Gasteiger partial charge in [0.2, 0.25) is 0 Å². The highest BCUT2D eigenvalue weighted by atomic mass is 19.1. The topological polar surface area (TPSA) is 50.8 Å². The molecule has 0 spiro atoms. The van der Waals surface area contributed by atoms with Crippen molar-refractivity contribution < 1.29 is 18.7 Å². The van der Waals surface area contributed by atoms with Gasteiger partial charge in [0, 0.05) is 12.1 Å². The van der Waals surface area contributed by atoms with Gasteiger partial charge in [-0.2, -0.15) is 0 Å². The average molecular weight is 495 g/mol. The zero-order valence-corrected chi connectivity index (χ0v) is 22.0. The highest BCUT2D eigenvalue weighted by Gasteiger charge is 2.40. The summed E-state index contributed by atoms with van der Waals surface area (Å²) in [6.45, 7) is 12.1. The third kappa shape index (κ3) is 5.24. The van der Waals surface area contributed by atoms with Crippen LogP contribution in [0.25, 0.3) is 11.1 Å². The third-order valence-corrected chi connectivity index (χ3v) is 8.21. The Kier molecular flexibility index (Phi) is 6.99. The fourth-order valence-electron chi connectivity index (χ4n) is 5.99. The molecule has 6 heteroatoms. The summed E-state index contributed by atoms with van der Waals surface area (Å²) in [7, 11) is 0. The molecule has 3 heterocycles. The molecule has 1 N–H and O–H groups in total. The zero-order valence-electron chi connectivity index (χ0n) is 22.0. The monoisotopic (exact) mass is 494 g/mol. The number of carbonyl (C=O) groups is 1. The summed E-state index contributed by atoms with van der Waals surface area (Å²) in [5.41, 5.74) is 3.09. The summed E-state index contributed by atoms with van der Waals surface area (Å²) < 4.78 is 27.3. The van der Waals surface area contributed by atoms with Crippen molar-refractivity contribution in [1.82, 2.24) is 10.2 Å². The fourth-order valence-corrected chi connectivity index (χ4v) is 5.99. The van der Waals surface area contributed by atoms with Gasteiger partial charge in [-0.05, 0) is 97.0 Å². The van der Waals surface area contributed by atoms with E-state index in [2.05, 4.69) is 37.9 Å². The molecule has 2 aromatic rings. The second kappa shape index (κ2) is 10.0. The summed E-state index contributed by atoms with van der Waals surface area (Å²) in [5, 5.41) is 3.13.